The summed E-state index contributed by atoms with van der Waals surface area (Å²) >= 11 is 0. The van der Waals surface area contributed by atoms with Crippen LogP contribution in [-0.2, 0) is 17.6 Å². The highest BCUT2D eigenvalue weighted by Gasteiger charge is 2.29. The number of H-pyrrole nitrogens is 1. The molecule has 46 heavy (non-hydrogen) atoms. The quantitative estimate of drug-likeness (QED) is 0.201. The van der Waals surface area contributed by atoms with Gasteiger partial charge in [-0.1, -0.05) is 54.9 Å². The van der Waals surface area contributed by atoms with Crippen LogP contribution in [-0.4, -0.2) is 54.9 Å². The average Bonchev–Trinajstić information content (AvgIpc) is 3.71. The molecule has 1 aliphatic carbocycles. The van der Waals surface area contributed by atoms with E-state index in [0.717, 1.165) is 65.7 Å². The monoisotopic (exact) mass is 627 g/mol. The van der Waals surface area contributed by atoms with Crippen LogP contribution < -0.4 is 16.1 Å². The van der Waals surface area contributed by atoms with Crippen molar-refractivity contribution in [1.82, 2.24) is 24.3 Å². The first-order valence-electron chi connectivity index (χ1n) is 15.9. The molecule has 0 unspecified atom stereocenters. The number of aliphatic hydroxyl groups is 1. The maximum Gasteiger partial charge on any atom is 0.439 e. The first kappa shape index (κ1) is 31.5. The lowest BCUT2D eigenvalue weighted by Gasteiger charge is -2.32. The largest absolute Gasteiger partial charge is 0.496 e. The fourth-order valence-electron chi connectivity index (χ4n) is 6.54. The van der Waals surface area contributed by atoms with E-state index < -0.39 is 11.4 Å². The van der Waals surface area contributed by atoms with Crippen molar-refractivity contribution in [3.05, 3.63) is 92.5 Å². The Bertz CT molecular complexity index is 1940. The maximum atomic E-state index is 14.5. The van der Waals surface area contributed by atoms with Crippen molar-refractivity contribution >= 4 is 5.65 Å². The van der Waals surface area contributed by atoms with Crippen LogP contribution in [0.3, 0.4) is 0 Å². The lowest BCUT2D eigenvalue weighted by Crippen LogP contribution is -2.36. The molecule has 0 bridgehead atoms. The zero-order valence-electron chi connectivity index (χ0n) is 26.8. The lowest BCUT2D eigenvalue weighted by atomic mass is 9.92. The summed E-state index contributed by atoms with van der Waals surface area (Å²) in [6.07, 6.45) is 7.04. The smallest absolute Gasteiger partial charge is 0.439 e. The molecule has 1 aliphatic rings. The molecule has 242 valence electrons. The van der Waals surface area contributed by atoms with E-state index in [0.29, 0.717) is 30.0 Å². The number of ether oxygens (including phenoxy) is 2. The molecule has 11 nitrogen and oxygen atoms in total. The minimum atomic E-state index is -0.873. The van der Waals surface area contributed by atoms with Gasteiger partial charge in [0.25, 0.3) is 5.56 Å². The average molecular weight is 628 g/mol. The van der Waals surface area contributed by atoms with E-state index >= 15 is 0 Å². The highest BCUT2D eigenvalue weighted by molar-refractivity contribution is 5.81. The summed E-state index contributed by atoms with van der Waals surface area (Å²) < 4.78 is 20.5. The molecule has 0 aliphatic heterocycles. The van der Waals surface area contributed by atoms with Gasteiger partial charge >= 0.3 is 5.76 Å². The summed E-state index contributed by atoms with van der Waals surface area (Å²) in [7, 11) is 1.63. The summed E-state index contributed by atoms with van der Waals surface area (Å²) in [6.45, 7) is 5.89. The summed E-state index contributed by atoms with van der Waals surface area (Å²) in [5.41, 5.74) is 4.90. The minimum Gasteiger partial charge on any atom is -0.496 e. The second-order valence-electron chi connectivity index (χ2n) is 12.7. The van der Waals surface area contributed by atoms with Gasteiger partial charge in [-0.15, -0.1) is 0 Å². The number of nitrogens with zero attached hydrogens (tertiary/aromatic N) is 4. The first-order chi connectivity index (χ1) is 22.2. The van der Waals surface area contributed by atoms with Crippen LogP contribution in [0.1, 0.15) is 75.7 Å². The van der Waals surface area contributed by atoms with Crippen molar-refractivity contribution in [2.24, 2.45) is 0 Å². The highest BCUT2D eigenvalue weighted by atomic mass is 16.5. The third-order valence-corrected chi connectivity index (χ3v) is 8.71. The minimum absolute atomic E-state index is 0.00349. The first-order valence-corrected chi connectivity index (χ1v) is 15.9. The van der Waals surface area contributed by atoms with Gasteiger partial charge in [0.05, 0.1) is 37.3 Å². The van der Waals surface area contributed by atoms with Gasteiger partial charge in [0, 0.05) is 29.7 Å². The molecule has 0 spiro atoms. The zero-order chi connectivity index (χ0) is 32.4. The molecule has 0 amide bonds. The molecule has 0 atom stereocenters. The highest BCUT2D eigenvalue weighted by Crippen LogP contribution is 2.35. The Kier molecular flexibility index (Phi) is 8.97. The van der Waals surface area contributed by atoms with Crippen LogP contribution in [0.25, 0.3) is 28.2 Å². The number of aromatic amines is 1. The van der Waals surface area contributed by atoms with Gasteiger partial charge in [-0.2, -0.15) is 5.10 Å². The molecule has 0 radical (unpaired) electrons. The number of aromatic nitrogens is 5. The van der Waals surface area contributed by atoms with Crippen molar-refractivity contribution < 1.29 is 19.1 Å². The van der Waals surface area contributed by atoms with E-state index in [1.807, 2.05) is 57.6 Å². The predicted octanol–water partition coefficient (Wildman–Crippen LogP) is 5.33. The Morgan fingerprint density at radius 1 is 1.07 bits per heavy atom. The van der Waals surface area contributed by atoms with Gasteiger partial charge in [0.15, 0.2) is 5.82 Å². The number of rotatable bonds is 11. The molecule has 6 rings (SSSR count). The van der Waals surface area contributed by atoms with Crippen LogP contribution in [0.15, 0.2) is 68.8 Å². The van der Waals surface area contributed by atoms with Crippen LogP contribution >= 0.6 is 0 Å². The number of fused-ring (bicyclic) bond motifs is 1. The predicted molar refractivity (Wildman–Crippen MR) is 174 cm³/mol. The normalized spacial score (nSPS) is 17.1. The number of methoxy groups -OCH3 is 1. The van der Waals surface area contributed by atoms with Gasteiger partial charge < -0.3 is 14.6 Å². The molecule has 1 fully saturated rings. The summed E-state index contributed by atoms with van der Waals surface area (Å²) in [5.74, 6) is 0.380. The Hall–Kier alpha value is -4.48. The van der Waals surface area contributed by atoms with Gasteiger partial charge in [-0.3, -0.25) is 18.9 Å². The third-order valence-electron chi connectivity index (χ3n) is 8.71. The fourth-order valence-corrected chi connectivity index (χ4v) is 6.54. The van der Waals surface area contributed by atoms with Gasteiger partial charge in [0.1, 0.15) is 11.4 Å². The van der Waals surface area contributed by atoms with Gasteiger partial charge in [0.2, 0.25) is 0 Å². The topological polar surface area (TPSA) is 137 Å². The molecule has 3 heterocycles. The lowest BCUT2D eigenvalue weighted by molar-refractivity contribution is -0.0654. The number of nitrogens with one attached hydrogen (secondary N) is 1. The molecule has 2 N–H and O–H groups in total. The standard InChI is InChI=1S/C35H41N5O6/c1-5-8-29-28(33(41)39(31-17-18-36-40(29)31)24-13-15-25(16-14-24)45-21-35(2,3)43)19-23-12-11-22(20-30(23)44-4)26-9-6-7-10-27(26)32-37-34(42)46-38-32/h6-7,9-12,17-18,20,24-25,43H,5,8,13-16,19,21H2,1-4H3,(H,37,38,42). The van der Waals surface area contributed by atoms with E-state index in [4.69, 9.17) is 14.0 Å². The summed E-state index contributed by atoms with van der Waals surface area (Å²) in [4.78, 5) is 28.8. The molecule has 11 heteroatoms. The SMILES string of the molecule is CCCc1c(Cc2ccc(-c3ccccc3-c3noc(=O)[nH]3)cc2OC)c(=O)n(C2CCC(OCC(C)(C)O)CC2)c2ccnn12. The number of benzene rings is 2. The Morgan fingerprint density at radius 3 is 2.50 bits per heavy atom. The molecular formula is C35H41N5O6. The van der Waals surface area contributed by atoms with Crippen molar-refractivity contribution in [2.75, 3.05) is 13.7 Å². The Morgan fingerprint density at radius 2 is 1.83 bits per heavy atom. The Balaban J connectivity index is 1.35. The van der Waals surface area contributed by atoms with Gasteiger partial charge in [-0.05, 0) is 68.7 Å². The van der Waals surface area contributed by atoms with Crippen LogP contribution in [0.5, 0.6) is 5.75 Å². The summed E-state index contributed by atoms with van der Waals surface area (Å²) in [6, 6.07) is 15.5. The van der Waals surface area contributed by atoms with Gasteiger partial charge in [-0.25, -0.2) is 9.31 Å². The molecule has 1 saturated carbocycles. The van der Waals surface area contributed by atoms with Crippen molar-refractivity contribution in [1.29, 1.82) is 0 Å². The van der Waals surface area contributed by atoms with Crippen LogP contribution in [0.2, 0.25) is 0 Å². The summed E-state index contributed by atoms with van der Waals surface area (Å²) in [5, 5.41) is 18.7. The second kappa shape index (κ2) is 13.1. The van der Waals surface area contributed by atoms with E-state index in [-0.39, 0.29) is 24.3 Å². The molecule has 5 aromatic rings. The zero-order valence-corrected chi connectivity index (χ0v) is 26.8. The van der Waals surface area contributed by atoms with Crippen molar-refractivity contribution in [3.8, 4) is 28.3 Å². The van der Waals surface area contributed by atoms with Crippen LogP contribution in [0.4, 0.5) is 0 Å². The van der Waals surface area contributed by atoms with E-state index in [9.17, 15) is 14.7 Å². The van der Waals surface area contributed by atoms with Crippen molar-refractivity contribution in [3.63, 3.8) is 0 Å². The molecular weight excluding hydrogens is 586 g/mol. The molecule has 3 aromatic heterocycles. The molecule has 2 aromatic carbocycles. The number of hydrogen-bond donors (Lipinski definition) is 2. The molecule has 0 saturated heterocycles. The number of hydrogen-bond acceptors (Lipinski definition) is 8. The third kappa shape index (κ3) is 6.43. The van der Waals surface area contributed by atoms with Crippen molar-refractivity contribution in [2.45, 2.75) is 83.5 Å². The van der Waals surface area contributed by atoms with Crippen LogP contribution in [0, 0.1) is 0 Å². The Labute approximate surface area is 266 Å². The maximum absolute atomic E-state index is 14.5. The van der Waals surface area contributed by atoms with E-state index in [1.54, 1.807) is 27.2 Å². The van der Waals surface area contributed by atoms with E-state index in [2.05, 4.69) is 22.2 Å². The second-order valence-corrected chi connectivity index (χ2v) is 12.7. The fraction of sp³-hybridized carbons (Fsp3) is 0.429. The van der Waals surface area contributed by atoms with E-state index in [1.165, 1.54) is 0 Å². The number of aryl methyl sites for hydroxylation is 1.